The van der Waals surface area contributed by atoms with Gasteiger partial charge < -0.3 is 15.1 Å². The number of thiophene rings is 1. The highest BCUT2D eigenvalue weighted by atomic mass is 32.1. The van der Waals surface area contributed by atoms with Crippen LogP contribution in [-0.2, 0) is 19.4 Å². The number of hydrogen-bond donors (Lipinski definition) is 2. The van der Waals surface area contributed by atoms with Gasteiger partial charge in [-0.2, -0.15) is 0 Å². The molecule has 1 aromatic carbocycles. The molecule has 0 amide bonds. The predicted molar refractivity (Wildman–Crippen MR) is 104 cm³/mol. The molecule has 0 atom stereocenters. The van der Waals surface area contributed by atoms with Gasteiger partial charge in [-0.1, -0.05) is 18.2 Å². The fourth-order valence-corrected chi connectivity index (χ4v) is 3.14. The number of guanidine groups is 1. The van der Waals surface area contributed by atoms with Crippen molar-refractivity contribution in [3.05, 3.63) is 82.2 Å². The number of aliphatic imine (C=N–C) groups is 1. The number of benzene rings is 1. The largest absolute Gasteiger partial charge is 0.469 e. The van der Waals surface area contributed by atoms with Gasteiger partial charge in [0.15, 0.2) is 5.96 Å². The molecular formula is C20H22FN3OS. The maximum Gasteiger partial charge on any atom is 0.191 e. The SMILES string of the molecule is Fc1cccc(CCNC(=NCc2cccs2)NCCc2ccco2)c1. The van der Waals surface area contributed by atoms with E-state index in [1.165, 1.54) is 10.9 Å². The van der Waals surface area contributed by atoms with E-state index in [0.29, 0.717) is 13.1 Å². The molecule has 4 nitrogen and oxygen atoms in total. The highest BCUT2D eigenvalue weighted by molar-refractivity contribution is 7.09. The van der Waals surface area contributed by atoms with Crippen molar-refractivity contribution >= 4 is 17.3 Å². The molecule has 136 valence electrons. The molecule has 6 heteroatoms. The number of nitrogens with one attached hydrogen (secondary N) is 2. The van der Waals surface area contributed by atoms with Gasteiger partial charge in [0.05, 0.1) is 12.8 Å². The molecule has 0 fully saturated rings. The molecule has 0 aliphatic rings. The molecular weight excluding hydrogens is 349 g/mol. The van der Waals surface area contributed by atoms with Gasteiger partial charge in [0.1, 0.15) is 11.6 Å². The highest BCUT2D eigenvalue weighted by Gasteiger charge is 2.02. The van der Waals surface area contributed by atoms with Crippen LogP contribution in [0, 0.1) is 5.82 Å². The van der Waals surface area contributed by atoms with Crippen LogP contribution in [0.1, 0.15) is 16.2 Å². The molecule has 26 heavy (non-hydrogen) atoms. The van der Waals surface area contributed by atoms with Crippen LogP contribution < -0.4 is 10.6 Å². The molecule has 0 saturated carbocycles. The van der Waals surface area contributed by atoms with Crippen LogP contribution in [0.2, 0.25) is 0 Å². The molecule has 0 radical (unpaired) electrons. The van der Waals surface area contributed by atoms with Crippen LogP contribution in [0.3, 0.4) is 0 Å². The monoisotopic (exact) mass is 371 g/mol. The number of rotatable bonds is 8. The molecule has 0 aliphatic carbocycles. The fourth-order valence-electron chi connectivity index (χ4n) is 2.51. The molecule has 0 bridgehead atoms. The number of nitrogens with zero attached hydrogens (tertiary/aromatic N) is 1. The van der Waals surface area contributed by atoms with E-state index in [9.17, 15) is 4.39 Å². The molecule has 0 saturated heterocycles. The third-order valence-electron chi connectivity index (χ3n) is 3.81. The summed E-state index contributed by atoms with van der Waals surface area (Å²) in [6, 6.07) is 14.6. The normalized spacial score (nSPS) is 11.5. The smallest absolute Gasteiger partial charge is 0.191 e. The summed E-state index contributed by atoms with van der Waals surface area (Å²) in [6.07, 6.45) is 3.20. The Hall–Kier alpha value is -2.60. The van der Waals surface area contributed by atoms with Crippen LogP contribution in [0.15, 0.2) is 69.6 Å². The Morgan fingerprint density at radius 2 is 1.92 bits per heavy atom. The average Bonchev–Trinajstić information content (AvgIpc) is 3.33. The maximum atomic E-state index is 13.3. The molecule has 0 spiro atoms. The summed E-state index contributed by atoms with van der Waals surface area (Å²) in [5.41, 5.74) is 0.964. The molecule has 2 aromatic heterocycles. The van der Waals surface area contributed by atoms with E-state index < -0.39 is 0 Å². The summed E-state index contributed by atoms with van der Waals surface area (Å²) in [7, 11) is 0. The predicted octanol–water partition coefficient (Wildman–Crippen LogP) is 4.00. The lowest BCUT2D eigenvalue weighted by molar-refractivity contribution is 0.506. The van der Waals surface area contributed by atoms with Gasteiger partial charge in [-0.25, -0.2) is 9.38 Å². The third-order valence-corrected chi connectivity index (χ3v) is 4.67. The van der Waals surface area contributed by atoms with E-state index in [4.69, 9.17) is 4.42 Å². The van der Waals surface area contributed by atoms with Crippen molar-refractivity contribution in [1.29, 1.82) is 0 Å². The number of furan rings is 1. The van der Waals surface area contributed by atoms with Crippen LogP contribution in [-0.4, -0.2) is 19.0 Å². The van der Waals surface area contributed by atoms with Crippen LogP contribution in [0.4, 0.5) is 4.39 Å². The van der Waals surface area contributed by atoms with E-state index in [1.54, 1.807) is 29.7 Å². The van der Waals surface area contributed by atoms with Gasteiger partial charge in [0.2, 0.25) is 0 Å². The first-order valence-corrected chi connectivity index (χ1v) is 9.49. The van der Waals surface area contributed by atoms with Crippen molar-refractivity contribution in [2.45, 2.75) is 19.4 Å². The van der Waals surface area contributed by atoms with Crippen molar-refractivity contribution < 1.29 is 8.81 Å². The summed E-state index contributed by atoms with van der Waals surface area (Å²) < 4.78 is 18.6. The van der Waals surface area contributed by atoms with E-state index in [2.05, 4.69) is 21.7 Å². The minimum Gasteiger partial charge on any atom is -0.469 e. The van der Waals surface area contributed by atoms with E-state index in [-0.39, 0.29) is 5.82 Å². The lowest BCUT2D eigenvalue weighted by atomic mass is 10.1. The Labute approximate surface area is 156 Å². The van der Waals surface area contributed by atoms with Crippen molar-refractivity contribution in [2.75, 3.05) is 13.1 Å². The quantitative estimate of drug-likeness (QED) is 0.465. The van der Waals surface area contributed by atoms with Gasteiger partial charge >= 0.3 is 0 Å². The lowest BCUT2D eigenvalue weighted by Crippen LogP contribution is -2.39. The second-order valence-electron chi connectivity index (χ2n) is 5.81. The van der Waals surface area contributed by atoms with Crippen molar-refractivity contribution in [3.63, 3.8) is 0 Å². The first-order chi connectivity index (χ1) is 12.8. The Kier molecular flexibility index (Phi) is 6.84. The molecule has 0 unspecified atom stereocenters. The Morgan fingerprint density at radius 1 is 1.04 bits per heavy atom. The Balaban J connectivity index is 1.51. The number of halogens is 1. The first-order valence-electron chi connectivity index (χ1n) is 8.61. The Morgan fingerprint density at radius 3 is 2.65 bits per heavy atom. The molecule has 2 N–H and O–H groups in total. The van der Waals surface area contributed by atoms with Gasteiger partial charge in [-0.3, -0.25) is 0 Å². The van der Waals surface area contributed by atoms with Crippen LogP contribution >= 0.6 is 11.3 Å². The standard InChI is InChI=1S/C20H22FN3OS/c21-17-5-1-4-16(14-17)8-10-22-20(24-15-19-7-3-13-26-19)23-11-9-18-6-2-12-25-18/h1-7,12-14H,8-11,15H2,(H2,22,23,24). The maximum absolute atomic E-state index is 13.3. The zero-order valence-corrected chi connectivity index (χ0v) is 15.3. The van der Waals surface area contributed by atoms with Crippen LogP contribution in [0.5, 0.6) is 0 Å². The minimum absolute atomic E-state index is 0.203. The third kappa shape index (κ3) is 6.04. The van der Waals surface area contributed by atoms with E-state index in [0.717, 1.165) is 36.7 Å². The highest BCUT2D eigenvalue weighted by Crippen LogP contribution is 2.09. The van der Waals surface area contributed by atoms with Crippen molar-refractivity contribution in [3.8, 4) is 0 Å². The molecule has 0 aliphatic heterocycles. The van der Waals surface area contributed by atoms with Gasteiger partial charge in [-0.05, 0) is 47.7 Å². The van der Waals surface area contributed by atoms with E-state index >= 15 is 0 Å². The van der Waals surface area contributed by atoms with Gasteiger partial charge in [0.25, 0.3) is 0 Å². The second-order valence-corrected chi connectivity index (χ2v) is 6.84. The van der Waals surface area contributed by atoms with Gasteiger partial charge in [-0.15, -0.1) is 11.3 Å². The van der Waals surface area contributed by atoms with Crippen molar-refractivity contribution in [2.24, 2.45) is 4.99 Å². The summed E-state index contributed by atoms with van der Waals surface area (Å²) >= 11 is 1.69. The summed E-state index contributed by atoms with van der Waals surface area (Å²) in [4.78, 5) is 5.84. The minimum atomic E-state index is -0.203. The molecule has 2 heterocycles. The Bertz CT molecular complexity index is 800. The summed E-state index contributed by atoms with van der Waals surface area (Å²) in [6.45, 7) is 2.04. The summed E-state index contributed by atoms with van der Waals surface area (Å²) in [5.74, 6) is 1.49. The second kappa shape index (κ2) is 9.77. The number of hydrogen-bond acceptors (Lipinski definition) is 3. The zero-order chi connectivity index (χ0) is 18.0. The molecule has 3 aromatic rings. The van der Waals surface area contributed by atoms with Gasteiger partial charge in [0, 0.05) is 24.4 Å². The lowest BCUT2D eigenvalue weighted by Gasteiger charge is -2.12. The van der Waals surface area contributed by atoms with Crippen molar-refractivity contribution in [1.82, 2.24) is 10.6 Å². The topological polar surface area (TPSA) is 49.6 Å². The fraction of sp³-hybridized carbons (Fsp3) is 0.250. The van der Waals surface area contributed by atoms with Crippen LogP contribution in [0.25, 0.3) is 0 Å². The summed E-state index contributed by atoms with van der Waals surface area (Å²) in [5, 5.41) is 8.70. The molecule has 3 rings (SSSR count). The first kappa shape index (κ1) is 18.2. The average molecular weight is 371 g/mol. The van der Waals surface area contributed by atoms with E-state index in [1.807, 2.05) is 29.6 Å². The zero-order valence-electron chi connectivity index (χ0n) is 14.5.